The molecule has 2 atom stereocenters. The van der Waals surface area contributed by atoms with Gasteiger partial charge in [0, 0.05) is 13.7 Å². The third kappa shape index (κ3) is 4.53. The van der Waals surface area contributed by atoms with Gasteiger partial charge in [-0.25, -0.2) is 0 Å². The fourth-order valence-corrected chi connectivity index (χ4v) is 0.861. The van der Waals surface area contributed by atoms with E-state index in [2.05, 4.69) is 6.58 Å². The largest absolute Gasteiger partial charge is 0.389 e. The van der Waals surface area contributed by atoms with E-state index in [4.69, 9.17) is 9.84 Å². The minimum atomic E-state index is -0.384. The SMILES string of the molecule is C=CC(O)CC(C)COC. The van der Waals surface area contributed by atoms with Gasteiger partial charge in [-0.05, 0) is 12.3 Å². The van der Waals surface area contributed by atoms with Crippen LogP contribution in [0.5, 0.6) is 0 Å². The van der Waals surface area contributed by atoms with Crippen molar-refractivity contribution in [1.29, 1.82) is 0 Å². The molecule has 0 aliphatic carbocycles. The number of hydrogen-bond donors (Lipinski definition) is 1. The first kappa shape index (κ1) is 9.66. The van der Waals surface area contributed by atoms with Gasteiger partial charge in [0.2, 0.25) is 0 Å². The molecule has 0 aromatic heterocycles. The van der Waals surface area contributed by atoms with Gasteiger partial charge in [-0.3, -0.25) is 0 Å². The standard InChI is InChI=1S/C8H16O2/c1-4-8(9)5-7(2)6-10-3/h4,7-9H,1,5-6H2,2-3H3. The molecule has 0 aromatic carbocycles. The van der Waals surface area contributed by atoms with Gasteiger partial charge in [-0.1, -0.05) is 13.0 Å². The molecule has 2 nitrogen and oxygen atoms in total. The van der Waals surface area contributed by atoms with E-state index in [1.165, 1.54) is 0 Å². The summed E-state index contributed by atoms with van der Waals surface area (Å²) < 4.78 is 4.90. The van der Waals surface area contributed by atoms with Crippen molar-refractivity contribution in [1.82, 2.24) is 0 Å². The van der Waals surface area contributed by atoms with E-state index in [1.54, 1.807) is 13.2 Å². The van der Waals surface area contributed by atoms with Gasteiger partial charge >= 0.3 is 0 Å². The average molecular weight is 144 g/mol. The third-order valence-electron chi connectivity index (χ3n) is 1.37. The molecule has 0 radical (unpaired) electrons. The van der Waals surface area contributed by atoms with E-state index in [0.717, 1.165) is 6.42 Å². The summed E-state index contributed by atoms with van der Waals surface area (Å²) in [6.07, 6.45) is 1.90. The monoisotopic (exact) mass is 144 g/mol. The Morgan fingerprint density at radius 3 is 2.70 bits per heavy atom. The topological polar surface area (TPSA) is 29.5 Å². The van der Waals surface area contributed by atoms with Crippen LogP contribution < -0.4 is 0 Å². The van der Waals surface area contributed by atoms with E-state index in [-0.39, 0.29) is 6.10 Å². The maximum absolute atomic E-state index is 9.08. The first-order valence-corrected chi connectivity index (χ1v) is 3.50. The number of hydrogen-bond acceptors (Lipinski definition) is 2. The zero-order valence-corrected chi connectivity index (χ0v) is 6.71. The zero-order valence-electron chi connectivity index (χ0n) is 6.71. The molecule has 0 aliphatic heterocycles. The Morgan fingerprint density at radius 2 is 2.30 bits per heavy atom. The highest BCUT2D eigenvalue weighted by molar-refractivity contribution is 4.79. The number of rotatable bonds is 5. The summed E-state index contributed by atoms with van der Waals surface area (Å²) in [5.74, 6) is 0.401. The second kappa shape index (κ2) is 5.45. The van der Waals surface area contributed by atoms with Crippen molar-refractivity contribution < 1.29 is 9.84 Å². The van der Waals surface area contributed by atoms with Gasteiger partial charge in [0.15, 0.2) is 0 Å². The summed E-state index contributed by atoms with van der Waals surface area (Å²) in [6, 6.07) is 0. The molecule has 2 heteroatoms. The van der Waals surface area contributed by atoms with Crippen molar-refractivity contribution in [2.45, 2.75) is 19.4 Å². The van der Waals surface area contributed by atoms with Gasteiger partial charge in [-0.2, -0.15) is 0 Å². The van der Waals surface area contributed by atoms with Crippen molar-refractivity contribution in [3.05, 3.63) is 12.7 Å². The number of aliphatic hydroxyl groups is 1. The van der Waals surface area contributed by atoms with E-state index in [0.29, 0.717) is 12.5 Å². The van der Waals surface area contributed by atoms with Crippen molar-refractivity contribution in [3.63, 3.8) is 0 Å². The number of methoxy groups -OCH3 is 1. The summed E-state index contributed by atoms with van der Waals surface area (Å²) in [6.45, 7) is 6.22. The van der Waals surface area contributed by atoms with E-state index >= 15 is 0 Å². The van der Waals surface area contributed by atoms with Crippen molar-refractivity contribution in [3.8, 4) is 0 Å². The van der Waals surface area contributed by atoms with Crippen molar-refractivity contribution in [2.75, 3.05) is 13.7 Å². The highest BCUT2D eigenvalue weighted by Gasteiger charge is 2.05. The molecule has 0 aliphatic rings. The molecule has 0 saturated carbocycles. The lowest BCUT2D eigenvalue weighted by Crippen LogP contribution is -2.12. The molecule has 0 spiro atoms. The Bertz CT molecular complexity index is 91.3. The minimum Gasteiger partial charge on any atom is -0.389 e. The molecule has 2 unspecified atom stereocenters. The third-order valence-corrected chi connectivity index (χ3v) is 1.37. The summed E-state index contributed by atoms with van der Waals surface area (Å²) in [7, 11) is 1.66. The molecule has 0 saturated heterocycles. The van der Waals surface area contributed by atoms with Crippen LogP contribution in [0.4, 0.5) is 0 Å². The number of ether oxygens (including phenoxy) is 1. The molecule has 10 heavy (non-hydrogen) atoms. The van der Waals surface area contributed by atoms with Gasteiger partial charge < -0.3 is 9.84 Å². The van der Waals surface area contributed by atoms with E-state index in [1.807, 2.05) is 6.92 Å². The lowest BCUT2D eigenvalue weighted by Gasteiger charge is -2.11. The number of aliphatic hydroxyl groups excluding tert-OH is 1. The van der Waals surface area contributed by atoms with Crippen LogP contribution in [0.25, 0.3) is 0 Å². The van der Waals surface area contributed by atoms with Crippen LogP contribution in [0.3, 0.4) is 0 Å². The second-order valence-corrected chi connectivity index (χ2v) is 2.60. The van der Waals surface area contributed by atoms with Crippen LogP contribution in [0, 0.1) is 5.92 Å². The lowest BCUT2D eigenvalue weighted by molar-refractivity contribution is 0.122. The Labute approximate surface area is 62.5 Å². The summed E-state index contributed by atoms with van der Waals surface area (Å²) in [5, 5.41) is 9.08. The summed E-state index contributed by atoms with van der Waals surface area (Å²) in [4.78, 5) is 0. The quantitative estimate of drug-likeness (QED) is 0.588. The Kier molecular flexibility index (Phi) is 5.26. The predicted octanol–water partition coefficient (Wildman–Crippen LogP) is 1.21. The van der Waals surface area contributed by atoms with Crippen LogP contribution in [-0.2, 0) is 4.74 Å². The second-order valence-electron chi connectivity index (χ2n) is 2.60. The van der Waals surface area contributed by atoms with Gasteiger partial charge in [-0.15, -0.1) is 6.58 Å². The van der Waals surface area contributed by atoms with E-state index in [9.17, 15) is 0 Å². The zero-order chi connectivity index (χ0) is 7.98. The molecular formula is C8H16O2. The fourth-order valence-electron chi connectivity index (χ4n) is 0.861. The van der Waals surface area contributed by atoms with Crippen molar-refractivity contribution in [2.24, 2.45) is 5.92 Å². The lowest BCUT2D eigenvalue weighted by atomic mass is 10.1. The normalized spacial score (nSPS) is 16.3. The highest BCUT2D eigenvalue weighted by atomic mass is 16.5. The van der Waals surface area contributed by atoms with Crippen LogP contribution in [0.2, 0.25) is 0 Å². The smallest absolute Gasteiger partial charge is 0.0721 e. The Hall–Kier alpha value is -0.340. The Balaban J connectivity index is 3.36. The van der Waals surface area contributed by atoms with Gasteiger partial charge in [0.25, 0.3) is 0 Å². The van der Waals surface area contributed by atoms with Crippen LogP contribution in [0.1, 0.15) is 13.3 Å². The average Bonchev–Trinajstić information content (AvgIpc) is 1.88. The first-order valence-electron chi connectivity index (χ1n) is 3.50. The molecule has 0 bridgehead atoms. The van der Waals surface area contributed by atoms with Gasteiger partial charge in [0.1, 0.15) is 0 Å². The molecular weight excluding hydrogens is 128 g/mol. The molecule has 0 amide bonds. The van der Waals surface area contributed by atoms with Crippen LogP contribution in [-0.4, -0.2) is 24.9 Å². The van der Waals surface area contributed by atoms with Gasteiger partial charge in [0.05, 0.1) is 6.10 Å². The minimum absolute atomic E-state index is 0.384. The predicted molar refractivity (Wildman–Crippen MR) is 41.9 cm³/mol. The van der Waals surface area contributed by atoms with Crippen LogP contribution >= 0.6 is 0 Å². The first-order chi connectivity index (χ1) is 4.70. The molecule has 0 aromatic rings. The summed E-state index contributed by atoms with van der Waals surface area (Å²) >= 11 is 0. The molecule has 60 valence electrons. The Morgan fingerprint density at radius 1 is 1.70 bits per heavy atom. The van der Waals surface area contributed by atoms with Crippen LogP contribution in [0.15, 0.2) is 12.7 Å². The summed E-state index contributed by atoms with van der Waals surface area (Å²) in [5.41, 5.74) is 0. The molecule has 0 heterocycles. The molecule has 0 fully saturated rings. The maximum Gasteiger partial charge on any atom is 0.0721 e. The highest BCUT2D eigenvalue weighted by Crippen LogP contribution is 2.06. The molecule has 0 rings (SSSR count). The van der Waals surface area contributed by atoms with Crippen molar-refractivity contribution >= 4 is 0 Å². The fraction of sp³-hybridized carbons (Fsp3) is 0.750. The maximum atomic E-state index is 9.08. The molecule has 1 N–H and O–H groups in total. The van der Waals surface area contributed by atoms with E-state index < -0.39 is 0 Å².